The van der Waals surface area contributed by atoms with E-state index in [1.807, 2.05) is 6.08 Å². The monoisotopic (exact) mass is 420 g/mol. The van der Waals surface area contributed by atoms with Gasteiger partial charge in [-0.3, -0.25) is 0 Å². The molecule has 2 rings (SSSR count). The van der Waals surface area contributed by atoms with Gasteiger partial charge in [-0.2, -0.15) is 0 Å². The first-order valence-corrected chi connectivity index (χ1v) is 11.4. The van der Waals surface area contributed by atoms with Crippen LogP contribution in [-0.4, -0.2) is 23.1 Å². The Kier molecular flexibility index (Phi) is 9.38. The predicted molar refractivity (Wildman–Crippen MR) is 123 cm³/mol. The van der Waals surface area contributed by atoms with Gasteiger partial charge >= 0.3 is 11.9 Å². The van der Waals surface area contributed by atoms with Gasteiger partial charge in [0.2, 0.25) is 0 Å². The first kappa shape index (κ1) is 26.5. The minimum atomic E-state index is -0.786. The lowest BCUT2D eigenvalue weighted by atomic mass is 9.68. The molecule has 2 fully saturated rings. The normalized spacial score (nSPS) is 30.5. The molecule has 0 radical (unpaired) electrons. The standard InChI is InChI=1S/2C13H22O2/c1-9-5-11(6-10(2)12(14)15)8-13(3,4)7-9;1-9(2)12(14)15-11-6-10(3)7-13(4,5)8-11/h6,9,11H,5,7-8H2,1-4H3,(H,14,15);10-11H,1,6-8H2,2-5H3. The van der Waals surface area contributed by atoms with Crippen LogP contribution in [0.5, 0.6) is 0 Å². The van der Waals surface area contributed by atoms with Crippen molar-refractivity contribution in [3.8, 4) is 0 Å². The van der Waals surface area contributed by atoms with Crippen LogP contribution in [0, 0.1) is 28.6 Å². The van der Waals surface area contributed by atoms with Crippen LogP contribution < -0.4 is 0 Å². The van der Waals surface area contributed by atoms with Crippen LogP contribution in [-0.2, 0) is 14.3 Å². The van der Waals surface area contributed by atoms with E-state index in [1.165, 1.54) is 12.8 Å². The second-order valence-electron chi connectivity index (χ2n) is 11.5. The Bertz CT molecular complexity index is 656. The number of ether oxygens (including phenoxy) is 1. The van der Waals surface area contributed by atoms with Gasteiger partial charge in [-0.1, -0.05) is 54.2 Å². The molecule has 0 saturated heterocycles. The Labute approximate surface area is 184 Å². The highest BCUT2D eigenvalue weighted by Crippen LogP contribution is 2.42. The molecule has 0 aromatic rings. The zero-order chi connectivity index (χ0) is 23.3. The second kappa shape index (κ2) is 10.6. The van der Waals surface area contributed by atoms with Crippen molar-refractivity contribution in [1.82, 2.24) is 0 Å². The lowest BCUT2D eigenvalue weighted by Crippen LogP contribution is -2.34. The Morgan fingerprint density at radius 1 is 0.933 bits per heavy atom. The van der Waals surface area contributed by atoms with Gasteiger partial charge in [0.15, 0.2) is 0 Å². The zero-order valence-corrected chi connectivity index (χ0v) is 20.5. The molecule has 0 heterocycles. The highest BCUT2D eigenvalue weighted by atomic mass is 16.5. The Morgan fingerprint density at radius 3 is 1.87 bits per heavy atom. The number of carboxylic acid groups (broad SMARTS) is 1. The minimum Gasteiger partial charge on any atom is -0.478 e. The summed E-state index contributed by atoms with van der Waals surface area (Å²) in [6, 6.07) is 0. The number of carboxylic acids is 1. The first-order chi connectivity index (χ1) is 13.6. The Hall–Kier alpha value is -1.58. The van der Waals surface area contributed by atoms with Crippen LogP contribution >= 0.6 is 0 Å². The fourth-order valence-corrected chi connectivity index (χ4v) is 5.57. The summed E-state index contributed by atoms with van der Waals surface area (Å²) in [5, 5.41) is 8.84. The smallest absolute Gasteiger partial charge is 0.333 e. The van der Waals surface area contributed by atoms with E-state index in [0.29, 0.717) is 34.3 Å². The van der Waals surface area contributed by atoms with E-state index in [-0.39, 0.29) is 17.5 Å². The van der Waals surface area contributed by atoms with Crippen molar-refractivity contribution in [2.75, 3.05) is 0 Å². The Morgan fingerprint density at radius 2 is 1.43 bits per heavy atom. The maximum atomic E-state index is 11.4. The summed E-state index contributed by atoms with van der Waals surface area (Å²) in [5.41, 5.74) is 1.63. The highest BCUT2D eigenvalue weighted by Gasteiger charge is 2.34. The van der Waals surface area contributed by atoms with Gasteiger partial charge in [0, 0.05) is 11.1 Å². The van der Waals surface area contributed by atoms with E-state index < -0.39 is 5.97 Å². The first-order valence-electron chi connectivity index (χ1n) is 11.4. The van der Waals surface area contributed by atoms with Gasteiger partial charge < -0.3 is 9.84 Å². The third-order valence-electron chi connectivity index (χ3n) is 6.21. The summed E-state index contributed by atoms with van der Waals surface area (Å²) < 4.78 is 5.42. The SMILES string of the molecule is C=C(C)C(=O)OC1CC(C)CC(C)(C)C1.CC(=CC1CC(C)CC(C)(C)C1)C(=O)O. The molecular weight excluding hydrogens is 376 g/mol. The molecule has 1 N–H and O–H groups in total. The van der Waals surface area contributed by atoms with Gasteiger partial charge in [0.25, 0.3) is 0 Å². The summed E-state index contributed by atoms with van der Waals surface area (Å²) in [6.45, 7) is 20.5. The molecule has 30 heavy (non-hydrogen) atoms. The summed E-state index contributed by atoms with van der Waals surface area (Å²) in [6.07, 6.45) is 8.69. The van der Waals surface area contributed by atoms with Crippen molar-refractivity contribution in [2.45, 2.75) is 100 Å². The molecule has 4 heteroatoms. The van der Waals surface area contributed by atoms with Gasteiger partial charge in [-0.15, -0.1) is 0 Å². The van der Waals surface area contributed by atoms with E-state index in [2.05, 4.69) is 48.1 Å². The molecule has 2 aliphatic rings. The van der Waals surface area contributed by atoms with E-state index in [1.54, 1.807) is 13.8 Å². The molecule has 4 nitrogen and oxygen atoms in total. The molecular formula is C26H44O4. The number of hydrogen-bond donors (Lipinski definition) is 1. The molecule has 172 valence electrons. The topological polar surface area (TPSA) is 63.6 Å². The third kappa shape index (κ3) is 9.49. The molecule has 0 amide bonds. The van der Waals surface area contributed by atoms with Gasteiger partial charge in [-0.25, -0.2) is 9.59 Å². The lowest BCUT2D eigenvalue weighted by molar-refractivity contribution is -0.148. The average Bonchev–Trinajstić information content (AvgIpc) is 2.50. The quantitative estimate of drug-likeness (QED) is 0.401. The number of aliphatic carboxylic acids is 1. The molecule has 0 aliphatic heterocycles. The summed E-state index contributed by atoms with van der Waals surface area (Å²) in [4.78, 5) is 22.2. The molecule has 4 atom stereocenters. The van der Waals surface area contributed by atoms with Crippen molar-refractivity contribution < 1.29 is 19.4 Å². The van der Waals surface area contributed by atoms with Crippen molar-refractivity contribution >= 4 is 11.9 Å². The van der Waals surface area contributed by atoms with Crippen molar-refractivity contribution in [2.24, 2.45) is 28.6 Å². The maximum Gasteiger partial charge on any atom is 0.333 e. The largest absolute Gasteiger partial charge is 0.478 e. The van der Waals surface area contributed by atoms with Crippen LogP contribution in [0.2, 0.25) is 0 Å². The minimum absolute atomic E-state index is 0.0768. The fraction of sp³-hybridized carbons (Fsp3) is 0.769. The van der Waals surface area contributed by atoms with E-state index >= 15 is 0 Å². The van der Waals surface area contributed by atoms with Crippen LogP contribution in [0.4, 0.5) is 0 Å². The predicted octanol–water partition coefficient (Wildman–Crippen LogP) is 6.80. The number of allylic oxidation sites excluding steroid dienone is 1. The third-order valence-corrected chi connectivity index (χ3v) is 6.21. The van der Waals surface area contributed by atoms with Crippen molar-refractivity contribution in [3.05, 3.63) is 23.8 Å². The summed E-state index contributed by atoms with van der Waals surface area (Å²) >= 11 is 0. The summed E-state index contributed by atoms with van der Waals surface area (Å²) in [7, 11) is 0. The molecule has 4 unspecified atom stereocenters. The lowest BCUT2D eigenvalue weighted by Gasteiger charge is -2.38. The molecule has 0 aromatic carbocycles. The number of hydrogen-bond acceptors (Lipinski definition) is 3. The zero-order valence-electron chi connectivity index (χ0n) is 20.5. The van der Waals surface area contributed by atoms with E-state index in [9.17, 15) is 9.59 Å². The average molecular weight is 421 g/mol. The second-order valence-corrected chi connectivity index (χ2v) is 11.5. The summed E-state index contributed by atoms with van der Waals surface area (Å²) in [5.74, 6) is 0.754. The van der Waals surface area contributed by atoms with Crippen molar-refractivity contribution in [1.29, 1.82) is 0 Å². The van der Waals surface area contributed by atoms with Gasteiger partial charge in [0.05, 0.1) is 0 Å². The molecule has 0 spiro atoms. The highest BCUT2D eigenvalue weighted by molar-refractivity contribution is 5.87. The maximum absolute atomic E-state index is 11.4. The molecule has 2 saturated carbocycles. The van der Waals surface area contributed by atoms with Crippen LogP contribution in [0.15, 0.2) is 23.8 Å². The molecule has 0 bridgehead atoms. The molecule has 0 aromatic heterocycles. The van der Waals surface area contributed by atoms with Crippen molar-refractivity contribution in [3.63, 3.8) is 0 Å². The van der Waals surface area contributed by atoms with Crippen LogP contribution in [0.25, 0.3) is 0 Å². The number of carbonyl (C=O) groups excluding carboxylic acids is 1. The van der Waals surface area contributed by atoms with Crippen LogP contribution in [0.1, 0.15) is 93.9 Å². The number of esters is 1. The Balaban J connectivity index is 0.000000300. The van der Waals surface area contributed by atoms with Gasteiger partial charge in [0.1, 0.15) is 6.10 Å². The number of rotatable bonds is 4. The van der Waals surface area contributed by atoms with Gasteiger partial charge in [-0.05, 0) is 81.0 Å². The fourth-order valence-electron chi connectivity index (χ4n) is 5.57. The molecule has 2 aliphatic carbocycles. The van der Waals surface area contributed by atoms with Crippen LogP contribution in [0.3, 0.4) is 0 Å². The van der Waals surface area contributed by atoms with E-state index in [0.717, 1.165) is 25.7 Å². The number of carbonyl (C=O) groups is 2. The van der Waals surface area contributed by atoms with E-state index in [4.69, 9.17) is 9.84 Å².